The lowest BCUT2D eigenvalue weighted by Gasteiger charge is -2.49. The van der Waals surface area contributed by atoms with Crippen LogP contribution in [0.1, 0.15) is 31.2 Å². The fraction of sp³-hybridized carbons (Fsp3) is 0.429. The first-order chi connectivity index (χ1) is 14.3. The van der Waals surface area contributed by atoms with Crippen LogP contribution in [-0.2, 0) is 11.3 Å². The molecule has 0 aromatic carbocycles. The van der Waals surface area contributed by atoms with Crippen molar-refractivity contribution in [1.29, 1.82) is 0 Å². The number of ether oxygens (including phenoxy) is 1. The van der Waals surface area contributed by atoms with E-state index in [1.807, 2.05) is 29.3 Å². The summed E-state index contributed by atoms with van der Waals surface area (Å²) in [7, 11) is 0. The normalized spacial score (nSPS) is 21.8. The Morgan fingerprint density at radius 1 is 1.17 bits per heavy atom. The monoisotopic (exact) mass is 392 g/mol. The van der Waals surface area contributed by atoms with Gasteiger partial charge in [0, 0.05) is 37.2 Å². The molecule has 1 N–H and O–H groups in total. The van der Waals surface area contributed by atoms with E-state index in [4.69, 9.17) is 4.74 Å². The summed E-state index contributed by atoms with van der Waals surface area (Å²) in [5.74, 6) is 0.955. The summed E-state index contributed by atoms with van der Waals surface area (Å²) in [4.78, 5) is 33.3. The van der Waals surface area contributed by atoms with Gasteiger partial charge in [-0.25, -0.2) is 14.8 Å². The van der Waals surface area contributed by atoms with Crippen molar-refractivity contribution in [3.8, 4) is 0 Å². The van der Waals surface area contributed by atoms with E-state index in [1.165, 1.54) is 0 Å². The van der Waals surface area contributed by atoms with E-state index in [2.05, 4.69) is 24.8 Å². The van der Waals surface area contributed by atoms with Crippen molar-refractivity contribution in [3.63, 3.8) is 0 Å². The van der Waals surface area contributed by atoms with Crippen molar-refractivity contribution < 1.29 is 9.53 Å². The third kappa shape index (κ3) is 3.39. The number of rotatable bonds is 3. The van der Waals surface area contributed by atoms with Crippen LogP contribution >= 0.6 is 0 Å². The largest absolute Gasteiger partial charge is 0.444 e. The first-order valence-electron chi connectivity index (χ1n) is 10.2. The summed E-state index contributed by atoms with van der Waals surface area (Å²) in [6, 6.07) is 6.18. The highest BCUT2D eigenvalue weighted by molar-refractivity contribution is 5.87. The second-order valence-corrected chi connectivity index (χ2v) is 7.66. The molecule has 0 spiro atoms. The van der Waals surface area contributed by atoms with Crippen molar-refractivity contribution in [1.82, 2.24) is 24.8 Å². The van der Waals surface area contributed by atoms with E-state index in [0.29, 0.717) is 0 Å². The summed E-state index contributed by atoms with van der Waals surface area (Å²) in [5, 5.41) is 1.03. The molecule has 29 heavy (non-hydrogen) atoms. The Hall–Kier alpha value is -3.16. The van der Waals surface area contributed by atoms with Gasteiger partial charge in [-0.05, 0) is 37.8 Å². The van der Waals surface area contributed by atoms with Gasteiger partial charge in [-0.2, -0.15) is 0 Å². The fourth-order valence-electron chi connectivity index (χ4n) is 4.67. The minimum absolute atomic E-state index is 0.142. The number of carbonyl (C=O) groups excluding carboxylic acids is 1. The zero-order chi connectivity index (χ0) is 19.6. The second-order valence-electron chi connectivity index (χ2n) is 7.66. The Morgan fingerprint density at radius 2 is 2.07 bits per heavy atom. The number of nitrogens with one attached hydrogen (secondary N) is 1. The summed E-state index contributed by atoms with van der Waals surface area (Å²) in [5.41, 5.74) is 1.75. The molecule has 2 saturated heterocycles. The number of H-pyrrole nitrogens is 1. The van der Waals surface area contributed by atoms with Crippen LogP contribution < -0.4 is 4.90 Å². The number of carbonyl (C=O) groups is 1. The standard InChI is InChI=1S/C21H24N6O2/c28-21(29-13-15-4-1-8-22-12-15)27-11-3-5-17-18(27)6-2-10-26(17)20-16-7-9-23-19(16)24-14-25-20/h1,4,7-9,12,14,17-18H,2-3,5-6,10-11,13H2,(H,23,24,25). The lowest BCUT2D eigenvalue weighted by molar-refractivity contribution is 0.0531. The number of piperidine rings is 2. The topological polar surface area (TPSA) is 87.2 Å². The van der Waals surface area contributed by atoms with Gasteiger partial charge in [0.15, 0.2) is 0 Å². The Bertz CT molecular complexity index is 991. The smallest absolute Gasteiger partial charge is 0.410 e. The van der Waals surface area contributed by atoms with Crippen LogP contribution in [0, 0.1) is 0 Å². The number of hydrogen-bond donors (Lipinski definition) is 1. The zero-order valence-corrected chi connectivity index (χ0v) is 16.2. The highest BCUT2D eigenvalue weighted by atomic mass is 16.6. The SMILES string of the molecule is O=C(OCc1cccnc1)N1CCCC2C1CCCN2c1ncnc2[nH]ccc12. The molecule has 0 radical (unpaired) electrons. The Kier molecular flexibility index (Phi) is 4.75. The number of likely N-dealkylation sites (tertiary alicyclic amines) is 1. The number of fused-ring (bicyclic) bond motifs is 2. The Balaban J connectivity index is 1.35. The third-order valence-electron chi connectivity index (χ3n) is 5.97. The molecular formula is C21H24N6O2. The Labute approximate surface area is 168 Å². The number of hydrogen-bond acceptors (Lipinski definition) is 6. The quantitative estimate of drug-likeness (QED) is 0.737. The lowest BCUT2D eigenvalue weighted by atomic mass is 9.88. The highest BCUT2D eigenvalue weighted by Crippen LogP contribution is 2.35. The van der Waals surface area contributed by atoms with Crippen molar-refractivity contribution >= 4 is 22.9 Å². The maximum atomic E-state index is 12.9. The van der Waals surface area contributed by atoms with Gasteiger partial charge in [-0.15, -0.1) is 0 Å². The van der Waals surface area contributed by atoms with Crippen molar-refractivity contribution in [3.05, 3.63) is 48.7 Å². The molecule has 0 saturated carbocycles. The summed E-state index contributed by atoms with van der Waals surface area (Å²) >= 11 is 0. The maximum Gasteiger partial charge on any atom is 0.410 e. The van der Waals surface area contributed by atoms with Gasteiger partial charge in [0.2, 0.25) is 0 Å². The molecule has 5 heterocycles. The van der Waals surface area contributed by atoms with E-state index in [1.54, 1.807) is 18.7 Å². The number of aromatic nitrogens is 4. The number of amides is 1. The second kappa shape index (κ2) is 7.69. The molecule has 0 bridgehead atoms. The lowest BCUT2D eigenvalue weighted by Crippen LogP contribution is -2.60. The zero-order valence-electron chi connectivity index (χ0n) is 16.2. The van der Waals surface area contributed by atoms with Crippen LogP contribution in [0.2, 0.25) is 0 Å². The predicted octanol–water partition coefficient (Wildman–Crippen LogP) is 3.12. The average molecular weight is 392 g/mol. The molecule has 3 aromatic rings. The van der Waals surface area contributed by atoms with E-state index in [0.717, 1.165) is 61.2 Å². The van der Waals surface area contributed by atoms with E-state index < -0.39 is 0 Å². The number of nitrogens with zero attached hydrogens (tertiary/aromatic N) is 5. The maximum absolute atomic E-state index is 12.9. The molecule has 2 aliphatic heterocycles. The van der Waals surface area contributed by atoms with E-state index in [-0.39, 0.29) is 24.8 Å². The van der Waals surface area contributed by atoms with Crippen LogP contribution in [0.15, 0.2) is 43.1 Å². The van der Waals surface area contributed by atoms with E-state index >= 15 is 0 Å². The highest BCUT2D eigenvalue weighted by Gasteiger charge is 2.41. The number of pyridine rings is 1. The molecule has 8 heteroatoms. The molecule has 3 aromatic heterocycles. The number of aromatic amines is 1. The molecule has 2 fully saturated rings. The molecule has 2 unspecified atom stereocenters. The first-order valence-corrected chi connectivity index (χ1v) is 10.2. The van der Waals surface area contributed by atoms with Crippen LogP contribution in [0.5, 0.6) is 0 Å². The molecule has 150 valence electrons. The summed E-state index contributed by atoms with van der Waals surface area (Å²) in [6.45, 7) is 1.93. The van der Waals surface area contributed by atoms with Gasteiger partial charge >= 0.3 is 6.09 Å². The Morgan fingerprint density at radius 3 is 2.97 bits per heavy atom. The van der Waals surface area contributed by atoms with Gasteiger partial charge in [-0.1, -0.05) is 6.07 Å². The van der Waals surface area contributed by atoms with Crippen molar-refractivity contribution in [2.45, 2.75) is 44.4 Å². The van der Waals surface area contributed by atoms with Gasteiger partial charge in [0.1, 0.15) is 24.4 Å². The van der Waals surface area contributed by atoms with Crippen LogP contribution in [0.25, 0.3) is 11.0 Å². The molecule has 0 aliphatic carbocycles. The molecule has 5 rings (SSSR count). The molecule has 1 amide bonds. The average Bonchev–Trinajstić information content (AvgIpc) is 3.26. The van der Waals surface area contributed by atoms with E-state index in [9.17, 15) is 4.79 Å². The van der Waals surface area contributed by atoms with Crippen LogP contribution in [0.4, 0.5) is 10.6 Å². The van der Waals surface area contributed by atoms with Crippen molar-refractivity contribution in [2.24, 2.45) is 0 Å². The molecule has 2 atom stereocenters. The predicted molar refractivity (Wildman–Crippen MR) is 108 cm³/mol. The van der Waals surface area contributed by atoms with Gasteiger partial charge < -0.3 is 19.5 Å². The minimum Gasteiger partial charge on any atom is -0.444 e. The fourth-order valence-corrected chi connectivity index (χ4v) is 4.67. The molecule has 2 aliphatic rings. The molecular weight excluding hydrogens is 368 g/mol. The first kappa shape index (κ1) is 17.9. The van der Waals surface area contributed by atoms with Crippen LogP contribution in [0.3, 0.4) is 0 Å². The summed E-state index contributed by atoms with van der Waals surface area (Å²) < 4.78 is 5.61. The minimum atomic E-state index is -0.236. The van der Waals surface area contributed by atoms with Gasteiger partial charge in [-0.3, -0.25) is 4.98 Å². The van der Waals surface area contributed by atoms with Crippen LogP contribution in [-0.4, -0.2) is 56.1 Å². The van der Waals surface area contributed by atoms with Gasteiger partial charge in [0.25, 0.3) is 0 Å². The van der Waals surface area contributed by atoms with Crippen molar-refractivity contribution in [2.75, 3.05) is 18.0 Å². The molecule has 8 nitrogen and oxygen atoms in total. The summed E-state index contributed by atoms with van der Waals surface area (Å²) in [6.07, 6.45) is 10.7. The van der Waals surface area contributed by atoms with Gasteiger partial charge in [0.05, 0.1) is 17.5 Å². The third-order valence-corrected chi connectivity index (χ3v) is 5.97. The number of anilines is 1.